The van der Waals surface area contributed by atoms with Crippen LogP contribution in [0.1, 0.15) is 0 Å². The average Bonchev–Trinajstić information content (AvgIpc) is 2.77. The van der Waals surface area contributed by atoms with Gasteiger partial charge in [0.05, 0.1) is 12.8 Å². The molecule has 100 valence electrons. The zero-order valence-corrected chi connectivity index (χ0v) is 11.2. The Balaban J connectivity index is 2.19. The third-order valence-electron chi connectivity index (χ3n) is 2.45. The fourth-order valence-electron chi connectivity index (χ4n) is 1.54. The largest absolute Gasteiger partial charge is 0.466 e. The molecule has 0 saturated heterocycles. The number of nitrogens with zero attached hydrogens (tertiary/aromatic N) is 3. The summed E-state index contributed by atoms with van der Waals surface area (Å²) in [6.07, 6.45) is 1.61. The molecule has 0 aliphatic carbocycles. The van der Waals surface area contributed by atoms with Crippen LogP contribution in [0.25, 0.3) is 11.3 Å². The van der Waals surface area contributed by atoms with Crippen LogP contribution in [-0.4, -0.2) is 34.5 Å². The lowest BCUT2D eigenvalue weighted by Crippen LogP contribution is -2.12. The van der Waals surface area contributed by atoms with E-state index < -0.39 is 5.97 Å². The van der Waals surface area contributed by atoms with E-state index >= 15 is 0 Å². The van der Waals surface area contributed by atoms with Gasteiger partial charge in [0, 0.05) is 24.9 Å². The van der Waals surface area contributed by atoms with Gasteiger partial charge in [0.25, 0.3) is 0 Å². The lowest BCUT2D eigenvalue weighted by atomic mass is 10.2. The maximum atomic E-state index is 11.0. The highest BCUT2D eigenvalue weighted by molar-refractivity contribution is 6.29. The van der Waals surface area contributed by atoms with Gasteiger partial charge in [-0.05, 0) is 12.1 Å². The molecule has 0 aliphatic heterocycles. The monoisotopic (exact) mass is 281 g/mol. The molecule has 2 heterocycles. The minimum atomic E-state index is -0.459. The van der Waals surface area contributed by atoms with Crippen molar-refractivity contribution >= 4 is 17.6 Å². The van der Waals surface area contributed by atoms with Gasteiger partial charge in [0.2, 0.25) is 5.88 Å². The van der Waals surface area contributed by atoms with E-state index in [1.54, 1.807) is 30.1 Å². The van der Waals surface area contributed by atoms with Crippen molar-refractivity contribution in [2.45, 2.75) is 0 Å². The number of esters is 1. The van der Waals surface area contributed by atoms with Crippen molar-refractivity contribution in [3.63, 3.8) is 0 Å². The molecule has 0 aliphatic rings. The Morgan fingerprint density at radius 3 is 2.95 bits per heavy atom. The predicted molar refractivity (Wildman–Crippen MR) is 69.0 cm³/mol. The number of ether oxygens (including phenoxy) is 2. The number of rotatable bonds is 4. The third-order valence-corrected chi connectivity index (χ3v) is 2.65. The van der Waals surface area contributed by atoms with E-state index in [4.69, 9.17) is 16.3 Å². The van der Waals surface area contributed by atoms with Crippen LogP contribution in [-0.2, 0) is 16.6 Å². The van der Waals surface area contributed by atoms with Crippen LogP contribution in [0.3, 0.4) is 0 Å². The molecule has 0 spiro atoms. The molecule has 2 aromatic heterocycles. The SMILES string of the molecule is COC(=O)COc1cc(-c2ccnc(Cl)c2)n(C)n1. The second-order valence-corrected chi connectivity index (χ2v) is 4.11. The standard InChI is InChI=1S/C12H12ClN3O3/c1-16-9(8-3-4-14-10(13)5-8)6-11(15-16)19-7-12(17)18-2/h3-6H,7H2,1-2H3. The molecule has 0 fully saturated rings. The summed E-state index contributed by atoms with van der Waals surface area (Å²) in [7, 11) is 3.07. The molecule has 7 heteroatoms. The van der Waals surface area contributed by atoms with Crippen LogP contribution < -0.4 is 4.74 Å². The first-order valence-corrected chi connectivity index (χ1v) is 5.83. The summed E-state index contributed by atoms with van der Waals surface area (Å²) in [5.41, 5.74) is 1.67. The number of aromatic nitrogens is 3. The Labute approximate surface area is 114 Å². The lowest BCUT2D eigenvalue weighted by Gasteiger charge is -2.00. The van der Waals surface area contributed by atoms with Crippen LogP contribution in [0.4, 0.5) is 0 Å². The highest BCUT2D eigenvalue weighted by Gasteiger charge is 2.10. The molecular formula is C12H12ClN3O3. The van der Waals surface area contributed by atoms with Crippen molar-refractivity contribution in [2.75, 3.05) is 13.7 Å². The number of pyridine rings is 1. The van der Waals surface area contributed by atoms with E-state index in [-0.39, 0.29) is 6.61 Å². The van der Waals surface area contributed by atoms with Gasteiger partial charge >= 0.3 is 5.97 Å². The van der Waals surface area contributed by atoms with Gasteiger partial charge in [-0.2, -0.15) is 0 Å². The quantitative estimate of drug-likeness (QED) is 0.630. The van der Waals surface area contributed by atoms with Crippen LogP contribution in [0.15, 0.2) is 24.4 Å². The summed E-state index contributed by atoms with van der Waals surface area (Å²) >= 11 is 5.84. The van der Waals surface area contributed by atoms with E-state index in [1.807, 2.05) is 6.07 Å². The second-order valence-electron chi connectivity index (χ2n) is 3.72. The van der Waals surface area contributed by atoms with E-state index in [0.29, 0.717) is 11.0 Å². The number of hydrogen-bond acceptors (Lipinski definition) is 5. The zero-order chi connectivity index (χ0) is 13.8. The van der Waals surface area contributed by atoms with Crippen LogP contribution in [0, 0.1) is 0 Å². The van der Waals surface area contributed by atoms with Crippen molar-refractivity contribution in [3.8, 4) is 17.1 Å². The Hall–Kier alpha value is -2.08. The highest BCUT2D eigenvalue weighted by atomic mass is 35.5. The van der Waals surface area contributed by atoms with Crippen molar-refractivity contribution < 1.29 is 14.3 Å². The van der Waals surface area contributed by atoms with Gasteiger partial charge in [-0.3, -0.25) is 4.68 Å². The Bertz CT molecular complexity index is 598. The summed E-state index contributed by atoms with van der Waals surface area (Å²) in [6, 6.07) is 5.25. The van der Waals surface area contributed by atoms with Crippen molar-refractivity contribution in [2.24, 2.45) is 7.05 Å². The molecule has 0 amide bonds. The molecule has 0 radical (unpaired) electrons. The van der Waals surface area contributed by atoms with E-state index in [1.165, 1.54) is 7.11 Å². The third kappa shape index (κ3) is 3.23. The van der Waals surface area contributed by atoms with Crippen LogP contribution in [0.2, 0.25) is 5.15 Å². The lowest BCUT2D eigenvalue weighted by molar-refractivity contribution is -0.143. The number of halogens is 1. The molecule has 0 atom stereocenters. The fraction of sp³-hybridized carbons (Fsp3) is 0.250. The minimum Gasteiger partial charge on any atom is -0.466 e. The van der Waals surface area contributed by atoms with Gasteiger partial charge < -0.3 is 9.47 Å². The summed E-state index contributed by atoms with van der Waals surface area (Å²) in [4.78, 5) is 14.9. The normalized spacial score (nSPS) is 10.3. The average molecular weight is 282 g/mol. The first-order valence-electron chi connectivity index (χ1n) is 5.45. The maximum absolute atomic E-state index is 11.0. The number of aryl methyl sites for hydroxylation is 1. The smallest absolute Gasteiger partial charge is 0.343 e. The number of carbonyl (C=O) groups is 1. The molecule has 0 aromatic carbocycles. The predicted octanol–water partition coefficient (Wildman–Crippen LogP) is 1.69. The van der Waals surface area contributed by atoms with Gasteiger partial charge in [0.15, 0.2) is 6.61 Å². The van der Waals surface area contributed by atoms with E-state index in [2.05, 4.69) is 14.8 Å². The van der Waals surface area contributed by atoms with Crippen LogP contribution >= 0.6 is 11.6 Å². The number of hydrogen-bond donors (Lipinski definition) is 0. The van der Waals surface area contributed by atoms with Crippen molar-refractivity contribution in [1.82, 2.24) is 14.8 Å². The summed E-state index contributed by atoms with van der Waals surface area (Å²) in [6.45, 7) is -0.177. The highest BCUT2D eigenvalue weighted by Crippen LogP contribution is 2.24. The fourth-order valence-corrected chi connectivity index (χ4v) is 1.71. The Morgan fingerprint density at radius 2 is 2.26 bits per heavy atom. The number of methoxy groups -OCH3 is 1. The van der Waals surface area contributed by atoms with Gasteiger partial charge in [-0.15, -0.1) is 5.10 Å². The van der Waals surface area contributed by atoms with E-state index in [0.717, 1.165) is 11.3 Å². The summed E-state index contributed by atoms with van der Waals surface area (Å²) < 4.78 is 11.3. The minimum absolute atomic E-state index is 0.177. The van der Waals surface area contributed by atoms with Crippen molar-refractivity contribution in [3.05, 3.63) is 29.5 Å². The molecule has 0 N–H and O–H groups in total. The molecule has 2 aromatic rings. The Morgan fingerprint density at radius 1 is 1.47 bits per heavy atom. The number of carbonyl (C=O) groups excluding carboxylic acids is 1. The Kier molecular flexibility index (Phi) is 4.01. The van der Waals surface area contributed by atoms with Crippen molar-refractivity contribution in [1.29, 1.82) is 0 Å². The van der Waals surface area contributed by atoms with E-state index in [9.17, 15) is 4.79 Å². The first kappa shape index (κ1) is 13.4. The molecule has 0 saturated carbocycles. The molecule has 6 nitrogen and oxygen atoms in total. The molecule has 2 rings (SSSR count). The molecule has 0 unspecified atom stereocenters. The molecule has 0 bridgehead atoms. The maximum Gasteiger partial charge on any atom is 0.343 e. The second kappa shape index (κ2) is 5.71. The van der Waals surface area contributed by atoms with Gasteiger partial charge in [-0.25, -0.2) is 9.78 Å². The zero-order valence-electron chi connectivity index (χ0n) is 10.5. The van der Waals surface area contributed by atoms with Crippen LogP contribution in [0.5, 0.6) is 5.88 Å². The summed E-state index contributed by atoms with van der Waals surface area (Å²) in [5.74, 6) is -0.116. The topological polar surface area (TPSA) is 66.2 Å². The van der Waals surface area contributed by atoms with Gasteiger partial charge in [0.1, 0.15) is 5.15 Å². The molecular weight excluding hydrogens is 270 g/mol. The van der Waals surface area contributed by atoms with Gasteiger partial charge in [-0.1, -0.05) is 11.6 Å². The molecule has 19 heavy (non-hydrogen) atoms. The first-order chi connectivity index (χ1) is 9.10. The summed E-state index contributed by atoms with van der Waals surface area (Å²) in [5, 5.41) is 4.54.